The SMILES string of the molecule is C[C@H]1C=C2C=C[C@H](C)[C@H](CC[C@@H]3C[C@@H](O)CC(=O)O3)[C@H]2[C@@H](OC(=O)C2(C)CCC2)C1. The summed E-state index contributed by atoms with van der Waals surface area (Å²) in [5.74, 6) is 0.943. The fourth-order valence-corrected chi connectivity index (χ4v) is 5.83. The Bertz CT molecular complexity index is 734. The van der Waals surface area contributed by atoms with Crippen molar-refractivity contribution in [2.45, 2.75) is 90.4 Å². The number of allylic oxidation sites excluding steroid dienone is 3. The highest BCUT2D eigenvalue weighted by atomic mass is 16.6. The molecular weight excluding hydrogens is 380 g/mol. The van der Waals surface area contributed by atoms with Crippen molar-refractivity contribution in [1.82, 2.24) is 0 Å². The molecule has 7 atom stereocenters. The van der Waals surface area contributed by atoms with Crippen LogP contribution in [0.25, 0.3) is 0 Å². The average molecular weight is 417 g/mol. The van der Waals surface area contributed by atoms with E-state index < -0.39 is 6.10 Å². The summed E-state index contributed by atoms with van der Waals surface area (Å²) in [6.45, 7) is 6.45. The molecule has 30 heavy (non-hydrogen) atoms. The molecule has 0 aromatic rings. The second-order valence-corrected chi connectivity index (χ2v) is 10.4. The van der Waals surface area contributed by atoms with Gasteiger partial charge >= 0.3 is 11.9 Å². The van der Waals surface area contributed by atoms with Crippen molar-refractivity contribution in [2.75, 3.05) is 0 Å². The Morgan fingerprint density at radius 2 is 2.03 bits per heavy atom. The number of fused-ring (bicyclic) bond motifs is 1. The van der Waals surface area contributed by atoms with Crippen molar-refractivity contribution in [1.29, 1.82) is 0 Å². The maximum Gasteiger partial charge on any atom is 0.312 e. The van der Waals surface area contributed by atoms with E-state index in [1.54, 1.807) is 0 Å². The van der Waals surface area contributed by atoms with Gasteiger partial charge in [0.25, 0.3) is 0 Å². The molecule has 0 unspecified atom stereocenters. The number of aliphatic hydroxyl groups is 1. The van der Waals surface area contributed by atoms with E-state index in [1.165, 1.54) is 5.57 Å². The zero-order chi connectivity index (χ0) is 21.5. The highest BCUT2D eigenvalue weighted by molar-refractivity contribution is 5.77. The van der Waals surface area contributed by atoms with E-state index in [0.717, 1.165) is 38.5 Å². The van der Waals surface area contributed by atoms with Crippen LogP contribution in [-0.2, 0) is 19.1 Å². The van der Waals surface area contributed by atoms with Gasteiger partial charge in [0.2, 0.25) is 0 Å². The molecule has 166 valence electrons. The topological polar surface area (TPSA) is 72.8 Å². The Hall–Kier alpha value is -1.62. The molecular formula is C25H36O5. The van der Waals surface area contributed by atoms with Crippen molar-refractivity contribution in [3.63, 3.8) is 0 Å². The zero-order valence-corrected chi connectivity index (χ0v) is 18.5. The van der Waals surface area contributed by atoms with Crippen LogP contribution in [0.5, 0.6) is 0 Å². The second-order valence-electron chi connectivity index (χ2n) is 10.4. The molecule has 4 aliphatic rings. The van der Waals surface area contributed by atoms with Crippen LogP contribution < -0.4 is 0 Å². The van der Waals surface area contributed by atoms with Crippen LogP contribution in [0.4, 0.5) is 0 Å². The standard InChI is InChI=1S/C25H36O5/c1-15-11-17-6-5-16(2)20(8-7-19-13-18(26)14-22(27)29-19)23(17)21(12-15)30-24(28)25(3)9-4-10-25/h5-6,11,15-16,18-21,23,26H,4,7-10,12-14H2,1-3H3/t15-,16-,18+,19+,20-,21-,23-/m0/s1. The summed E-state index contributed by atoms with van der Waals surface area (Å²) >= 11 is 0. The third kappa shape index (κ3) is 4.37. The van der Waals surface area contributed by atoms with Crippen LogP contribution in [0.2, 0.25) is 0 Å². The molecule has 3 aliphatic carbocycles. The number of aliphatic hydroxyl groups excluding tert-OH is 1. The van der Waals surface area contributed by atoms with Gasteiger partial charge in [-0.1, -0.05) is 38.5 Å². The third-order valence-electron chi connectivity index (χ3n) is 7.86. The smallest absolute Gasteiger partial charge is 0.312 e. The molecule has 1 aliphatic heterocycles. The Morgan fingerprint density at radius 1 is 1.27 bits per heavy atom. The van der Waals surface area contributed by atoms with Crippen LogP contribution in [0.15, 0.2) is 23.8 Å². The first-order valence-corrected chi connectivity index (χ1v) is 11.7. The largest absolute Gasteiger partial charge is 0.462 e. The summed E-state index contributed by atoms with van der Waals surface area (Å²) in [7, 11) is 0. The van der Waals surface area contributed by atoms with Crippen LogP contribution in [0.3, 0.4) is 0 Å². The Kier molecular flexibility index (Phi) is 6.11. The molecule has 4 rings (SSSR count). The normalized spacial score (nSPS) is 39.9. The molecule has 0 amide bonds. The number of carbonyl (C=O) groups excluding carboxylic acids is 2. The molecule has 5 nitrogen and oxygen atoms in total. The first-order chi connectivity index (χ1) is 14.2. The van der Waals surface area contributed by atoms with Gasteiger partial charge in [-0.05, 0) is 62.4 Å². The van der Waals surface area contributed by atoms with Crippen molar-refractivity contribution >= 4 is 11.9 Å². The van der Waals surface area contributed by atoms with E-state index in [-0.39, 0.29) is 41.9 Å². The van der Waals surface area contributed by atoms with Gasteiger partial charge in [-0.25, -0.2) is 0 Å². The van der Waals surface area contributed by atoms with Gasteiger partial charge in [0.15, 0.2) is 0 Å². The van der Waals surface area contributed by atoms with Crippen molar-refractivity contribution in [2.24, 2.45) is 29.1 Å². The van der Waals surface area contributed by atoms with Crippen LogP contribution in [0.1, 0.15) is 72.1 Å². The monoisotopic (exact) mass is 416 g/mol. The van der Waals surface area contributed by atoms with Gasteiger partial charge in [-0.2, -0.15) is 0 Å². The summed E-state index contributed by atoms with van der Waals surface area (Å²) in [5, 5.41) is 9.92. The highest BCUT2D eigenvalue weighted by Crippen LogP contribution is 2.47. The average Bonchev–Trinajstić information content (AvgIpc) is 2.64. The number of ether oxygens (including phenoxy) is 2. The fraction of sp³-hybridized carbons (Fsp3) is 0.760. The Balaban J connectivity index is 1.49. The molecule has 2 fully saturated rings. The Morgan fingerprint density at radius 3 is 2.70 bits per heavy atom. The minimum absolute atomic E-state index is 0.0301. The second kappa shape index (κ2) is 8.49. The van der Waals surface area contributed by atoms with Crippen molar-refractivity contribution in [3.05, 3.63) is 23.8 Å². The zero-order valence-electron chi connectivity index (χ0n) is 18.5. The fourth-order valence-electron chi connectivity index (χ4n) is 5.83. The van der Waals surface area contributed by atoms with Gasteiger partial charge in [-0.15, -0.1) is 0 Å². The molecule has 5 heteroatoms. The summed E-state index contributed by atoms with van der Waals surface area (Å²) in [6, 6.07) is 0. The van der Waals surface area contributed by atoms with Crippen molar-refractivity contribution < 1.29 is 24.2 Å². The maximum absolute atomic E-state index is 12.9. The predicted molar refractivity (Wildman–Crippen MR) is 113 cm³/mol. The van der Waals surface area contributed by atoms with E-state index in [2.05, 4.69) is 32.1 Å². The van der Waals surface area contributed by atoms with Crippen LogP contribution >= 0.6 is 0 Å². The van der Waals surface area contributed by atoms with E-state index in [1.807, 2.05) is 6.92 Å². The van der Waals surface area contributed by atoms with Gasteiger partial charge in [0.1, 0.15) is 12.2 Å². The first kappa shape index (κ1) is 21.6. The summed E-state index contributed by atoms with van der Waals surface area (Å²) < 4.78 is 11.7. The van der Waals surface area contributed by atoms with Gasteiger partial charge in [0.05, 0.1) is 17.9 Å². The summed E-state index contributed by atoms with van der Waals surface area (Å²) in [5.41, 5.74) is 0.983. The van der Waals surface area contributed by atoms with Gasteiger partial charge in [0, 0.05) is 12.3 Å². The maximum atomic E-state index is 12.9. The minimum atomic E-state index is -0.595. The molecule has 1 heterocycles. The summed E-state index contributed by atoms with van der Waals surface area (Å²) in [6.07, 6.45) is 12.0. The lowest BCUT2D eigenvalue weighted by Gasteiger charge is -2.45. The van der Waals surface area contributed by atoms with E-state index in [9.17, 15) is 14.7 Å². The van der Waals surface area contributed by atoms with E-state index >= 15 is 0 Å². The molecule has 0 spiro atoms. The number of hydrogen-bond acceptors (Lipinski definition) is 5. The van der Waals surface area contributed by atoms with Gasteiger partial charge < -0.3 is 14.6 Å². The molecule has 1 N–H and O–H groups in total. The van der Waals surface area contributed by atoms with Gasteiger partial charge in [-0.3, -0.25) is 9.59 Å². The van der Waals surface area contributed by atoms with Crippen LogP contribution in [-0.4, -0.2) is 35.4 Å². The first-order valence-electron chi connectivity index (χ1n) is 11.7. The number of carbonyl (C=O) groups is 2. The number of hydrogen-bond donors (Lipinski definition) is 1. The molecule has 0 aromatic carbocycles. The Labute approximate surface area is 179 Å². The van der Waals surface area contributed by atoms with Crippen LogP contribution in [0, 0.1) is 29.1 Å². The minimum Gasteiger partial charge on any atom is -0.462 e. The summed E-state index contributed by atoms with van der Waals surface area (Å²) in [4.78, 5) is 24.6. The molecule has 0 aromatic heterocycles. The van der Waals surface area contributed by atoms with Crippen molar-refractivity contribution in [3.8, 4) is 0 Å². The molecule has 1 saturated carbocycles. The predicted octanol–water partition coefficient (Wildman–Crippen LogP) is 4.34. The van der Waals surface area contributed by atoms with E-state index in [0.29, 0.717) is 24.2 Å². The third-order valence-corrected chi connectivity index (χ3v) is 7.86. The number of rotatable bonds is 5. The highest BCUT2D eigenvalue weighted by Gasteiger charge is 2.46. The molecule has 0 bridgehead atoms. The molecule has 1 saturated heterocycles. The number of cyclic esters (lactones) is 1. The lowest BCUT2D eigenvalue weighted by atomic mass is 9.65. The molecule has 0 radical (unpaired) electrons. The van der Waals surface area contributed by atoms with E-state index in [4.69, 9.17) is 9.47 Å². The quantitative estimate of drug-likeness (QED) is 0.675. The number of esters is 2. The lowest BCUT2D eigenvalue weighted by molar-refractivity contribution is -0.171. The lowest BCUT2D eigenvalue weighted by Crippen LogP contribution is -2.45.